The first-order chi connectivity index (χ1) is 8.20. The number of hydrogen-bond donors (Lipinski definition) is 1. The summed E-state index contributed by atoms with van der Waals surface area (Å²) in [5, 5.41) is 0. The van der Waals surface area contributed by atoms with E-state index in [0.717, 1.165) is 15.9 Å². The van der Waals surface area contributed by atoms with Gasteiger partial charge in [-0.05, 0) is 11.6 Å². The number of nitrogens with one attached hydrogen (secondary N) is 1. The normalized spacial score (nSPS) is 10.2. The van der Waals surface area contributed by atoms with Gasteiger partial charge in [-0.1, -0.05) is 34.1 Å². The minimum Gasteiger partial charge on any atom is -0.464 e. The van der Waals surface area contributed by atoms with Gasteiger partial charge in [0.2, 0.25) is 0 Å². The molecule has 88 valence electrons. The van der Waals surface area contributed by atoms with Crippen LogP contribution >= 0.6 is 15.9 Å². The van der Waals surface area contributed by atoms with Crippen LogP contribution in [0.3, 0.4) is 0 Å². The average molecular weight is 295 g/mol. The van der Waals surface area contributed by atoms with Gasteiger partial charge in [-0.2, -0.15) is 0 Å². The third kappa shape index (κ3) is 2.74. The van der Waals surface area contributed by atoms with E-state index in [4.69, 9.17) is 0 Å². The number of nitrogens with zero attached hydrogens (tertiary/aromatic N) is 1. The first-order valence-corrected chi connectivity index (χ1v) is 5.85. The summed E-state index contributed by atoms with van der Waals surface area (Å²) in [5.74, 6) is 0.327. The van der Waals surface area contributed by atoms with Crippen molar-refractivity contribution in [3.05, 3.63) is 52.0 Å². The fraction of sp³-hybridized carbons (Fsp3) is 0.167. The van der Waals surface area contributed by atoms with Gasteiger partial charge in [-0.15, -0.1) is 0 Å². The second-order valence-corrected chi connectivity index (χ2v) is 4.36. The number of benzene rings is 1. The summed E-state index contributed by atoms with van der Waals surface area (Å²) in [5.41, 5.74) is 1.48. The lowest BCUT2D eigenvalue weighted by Crippen LogP contribution is -2.01. The molecule has 1 aromatic heterocycles. The van der Waals surface area contributed by atoms with Gasteiger partial charge in [0.1, 0.15) is 11.5 Å². The smallest absolute Gasteiger partial charge is 0.356 e. The summed E-state index contributed by atoms with van der Waals surface area (Å²) < 4.78 is 5.63. The summed E-state index contributed by atoms with van der Waals surface area (Å²) in [7, 11) is 1.34. The van der Waals surface area contributed by atoms with Gasteiger partial charge in [0, 0.05) is 10.9 Å². The minimum atomic E-state index is -0.407. The van der Waals surface area contributed by atoms with Crippen LogP contribution in [-0.4, -0.2) is 23.0 Å². The molecular formula is C12H11BrN2O2. The Bertz CT molecular complexity index is 537. The van der Waals surface area contributed by atoms with Gasteiger partial charge in [0.25, 0.3) is 0 Å². The zero-order valence-electron chi connectivity index (χ0n) is 9.24. The molecule has 1 N–H and O–H groups in total. The highest BCUT2D eigenvalue weighted by atomic mass is 79.9. The zero-order chi connectivity index (χ0) is 12.3. The van der Waals surface area contributed by atoms with Crippen LogP contribution in [0.2, 0.25) is 0 Å². The second kappa shape index (κ2) is 5.14. The molecule has 2 rings (SSSR count). The van der Waals surface area contributed by atoms with Gasteiger partial charge < -0.3 is 9.72 Å². The van der Waals surface area contributed by atoms with Gasteiger partial charge in [0.05, 0.1) is 13.3 Å². The highest BCUT2D eigenvalue weighted by molar-refractivity contribution is 9.10. The van der Waals surface area contributed by atoms with Gasteiger partial charge >= 0.3 is 5.97 Å². The number of H-pyrrole nitrogens is 1. The maximum absolute atomic E-state index is 11.2. The number of methoxy groups -OCH3 is 1. The summed E-state index contributed by atoms with van der Waals surface area (Å²) in [6.07, 6.45) is 2.12. The maximum Gasteiger partial charge on any atom is 0.356 e. The second-order valence-electron chi connectivity index (χ2n) is 3.50. The van der Waals surface area contributed by atoms with Crippen LogP contribution in [0.25, 0.3) is 0 Å². The minimum absolute atomic E-state index is 0.370. The SMILES string of the molecule is COC(=O)c1cnc(Cc2ccccc2Br)[nH]1. The van der Waals surface area contributed by atoms with Crippen molar-refractivity contribution < 1.29 is 9.53 Å². The molecule has 17 heavy (non-hydrogen) atoms. The molecule has 0 spiro atoms. The molecule has 1 aromatic carbocycles. The molecule has 0 aliphatic carbocycles. The number of halogens is 1. The Morgan fingerprint density at radius 2 is 2.24 bits per heavy atom. The quantitative estimate of drug-likeness (QED) is 0.885. The van der Waals surface area contributed by atoms with Crippen molar-refractivity contribution in [1.82, 2.24) is 9.97 Å². The van der Waals surface area contributed by atoms with E-state index in [0.29, 0.717) is 12.1 Å². The van der Waals surface area contributed by atoms with E-state index in [9.17, 15) is 4.79 Å². The molecule has 0 saturated heterocycles. The van der Waals surface area contributed by atoms with E-state index >= 15 is 0 Å². The number of aromatic amines is 1. The average Bonchev–Trinajstić information content (AvgIpc) is 2.80. The lowest BCUT2D eigenvalue weighted by molar-refractivity contribution is 0.0594. The van der Waals surface area contributed by atoms with E-state index < -0.39 is 5.97 Å². The highest BCUT2D eigenvalue weighted by Crippen LogP contribution is 2.18. The molecule has 5 heteroatoms. The van der Waals surface area contributed by atoms with Gasteiger partial charge in [-0.25, -0.2) is 9.78 Å². The predicted octanol–water partition coefficient (Wildman–Crippen LogP) is 2.55. The topological polar surface area (TPSA) is 55.0 Å². The standard InChI is InChI=1S/C12H11BrN2O2/c1-17-12(16)10-7-14-11(15-10)6-8-4-2-3-5-9(8)13/h2-5,7H,6H2,1H3,(H,14,15). The van der Waals surface area contributed by atoms with Crippen LogP contribution in [0.5, 0.6) is 0 Å². The Kier molecular flexibility index (Phi) is 3.58. The van der Waals surface area contributed by atoms with E-state index in [1.807, 2.05) is 24.3 Å². The predicted molar refractivity (Wildman–Crippen MR) is 66.9 cm³/mol. The van der Waals surface area contributed by atoms with Crippen LogP contribution in [0, 0.1) is 0 Å². The first kappa shape index (κ1) is 11.9. The fourth-order valence-electron chi connectivity index (χ4n) is 1.49. The van der Waals surface area contributed by atoms with Crippen LogP contribution < -0.4 is 0 Å². The van der Waals surface area contributed by atoms with Crippen molar-refractivity contribution in [2.24, 2.45) is 0 Å². The third-order valence-electron chi connectivity index (χ3n) is 2.35. The molecule has 0 bridgehead atoms. The maximum atomic E-state index is 11.2. The molecule has 0 aliphatic heterocycles. The number of carbonyl (C=O) groups is 1. The number of aromatic nitrogens is 2. The Morgan fingerprint density at radius 1 is 1.47 bits per heavy atom. The van der Waals surface area contributed by atoms with Crippen LogP contribution in [-0.2, 0) is 11.2 Å². The summed E-state index contributed by atoms with van der Waals surface area (Å²) in [6, 6.07) is 7.89. The number of hydrogen-bond acceptors (Lipinski definition) is 3. The van der Waals surface area contributed by atoms with Gasteiger partial charge in [0.15, 0.2) is 0 Å². The molecule has 0 amide bonds. The van der Waals surface area contributed by atoms with Crippen molar-refractivity contribution >= 4 is 21.9 Å². The lowest BCUT2D eigenvalue weighted by Gasteiger charge is -2.01. The number of carbonyl (C=O) groups excluding carboxylic acids is 1. The van der Waals surface area contributed by atoms with E-state index in [-0.39, 0.29) is 0 Å². The Labute approximate surface area is 107 Å². The molecule has 0 atom stereocenters. The molecule has 4 nitrogen and oxygen atoms in total. The molecule has 0 fully saturated rings. The Hall–Kier alpha value is -1.62. The molecular weight excluding hydrogens is 284 g/mol. The van der Waals surface area contributed by atoms with Crippen molar-refractivity contribution in [2.75, 3.05) is 7.11 Å². The van der Waals surface area contributed by atoms with Crippen molar-refractivity contribution in [3.8, 4) is 0 Å². The summed E-state index contributed by atoms with van der Waals surface area (Å²) in [6.45, 7) is 0. The molecule has 0 aliphatic rings. The molecule has 0 unspecified atom stereocenters. The van der Waals surface area contributed by atoms with Crippen LogP contribution in [0.1, 0.15) is 21.9 Å². The number of rotatable bonds is 3. The number of imidazole rings is 1. The molecule has 0 radical (unpaired) electrons. The lowest BCUT2D eigenvalue weighted by atomic mass is 10.1. The molecule has 2 aromatic rings. The van der Waals surface area contributed by atoms with E-state index in [1.165, 1.54) is 13.3 Å². The van der Waals surface area contributed by atoms with Crippen molar-refractivity contribution in [2.45, 2.75) is 6.42 Å². The third-order valence-corrected chi connectivity index (χ3v) is 3.12. The molecule has 1 heterocycles. The Balaban J connectivity index is 2.17. The van der Waals surface area contributed by atoms with Crippen molar-refractivity contribution in [3.63, 3.8) is 0 Å². The largest absolute Gasteiger partial charge is 0.464 e. The number of ether oxygens (including phenoxy) is 1. The highest BCUT2D eigenvalue weighted by Gasteiger charge is 2.10. The van der Waals surface area contributed by atoms with Crippen LogP contribution in [0.4, 0.5) is 0 Å². The van der Waals surface area contributed by atoms with Gasteiger partial charge in [-0.3, -0.25) is 0 Å². The summed E-state index contributed by atoms with van der Waals surface area (Å²) in [4.78, 5) is 18.3. The molecule has 0 saturated carbocycles. The Morgan fingerprint density at radius 3 is 2.94 bits per heavy atom. The summed E-state index contributed by atoms with van der Waals surface area (Å²) >= 11 is 3.47. The fourth-order valence-corrected chi connectivity index (χ4v) is 1.91. The number of esters is 1. The monoisotopic (exact) mass is 294 g/mol. The zero-order valence-corrected chi connectivity index (χ0v) is 10.8. The van der Waals surface area contributed by atoms with Crippen molar-refractivity contribution in [1.29, 1.82) is 0 Å². The first-order valence-electron chi connectivity index (χ1n) is 5.06. The van der Waals surface area contributed by atoms with Crippen LogP contribution in [0.15, 0.2) is 34.9 Å². The van der Waals surface area contributed by atoms with E-state index in [1.54, 1.807) is 0 Å². The van der Waals surface area contributed by atoms with E-state index in [2.05, 4.69) is 30.6 Å².